The highest BCUT2D eigenvalue weighted by molar-refractivity contribution is 7.90. The Hall–Kier alpha value is -2.78. The van der Waals surface area contributed by atoms with Crippen LogP contribution in [-0.4, -0.2) is 43.5 Å². The van der Waals surface area contributed by atoms with E-state index in [9.17, 15) is 23.3 Å². The van der Waals surface area contributed by atoms with Crippen LogP contribution in [0, 0.1) is 10.1 Å². The maximum Gasteiger partial charge on any atom is 0.271 e. The predicted octanol–water partition coefficient (Wildman–Crippen LogP) is 2.91. The van der Waals surface area contributed by atoms with E-state index in [1.807, 2.05) is 24.3 Å². The molecule has 2 aromatic rings. The largest absolute Gasteiger partial charge is 0.348 e. The minimum absolute atomic E-state index is 0.0573. The van der Waals surface area contributed by atoms with E-state index in [0.717, 1.165) is 55.2 Å². The number of nitrogens with zero attached hydrogens (tertiary/aromatic N) is 2. The number of benzene rings is 2. The third-order valence-corrected chi connectivity index (χ3v) is 6.28. The molecule has 1 aliphatic heterocycles. The van der Waals surface area contributed by atoms with Crippen LogP contribution in [0.2, 0.25) is 0 Å². The van der Waals surface area contributed by atoms with E-state index >= 15 is 0 Å². The normalized spacial score (nSPS) is 15.0. The van der Waals surface area contributed by atoms with Crippen molar-refractivity contribution in [3.05, 3.63) is 69.3 Å². The number of nitro benzene ring substituents is 1. The summed E-state index contributed by atoms with van der Waals surface area (Å²) in [6.07, 6.45) is 4.58. The van der Waals surface area contributed by atoms with Crippen molar-refractivity contribution in [2.75, 3.05) is 19.3 Å². The van der Waals surface area contributed by atoms with Crippen molar-refractivity contribution in [3.63, 3.8) is 0 Å². The number of carbonyl (C=O) groups is 1. The summed E-state index contributed by atoms with van der Waals surface area (Å²) < 4.78 is 23.7. The van der Waals surface area contributed by atoms with Gasteiger partial charge in [0.2, 0.25) is 0 Å². The maximum absolute atomic E-state index is 12.6. The van der Waals surface area contributed by atoms with Crippen LogP contribution >= 0.6 is 0 Å². The Morgan fingerprint density at radius 3 is 2.40 bits per heavy atom. The highest BCUT2D eigenvalue weighted by Gasteiger charge is 2.19. The molecule has 1 fully saturated rings. The number of carbonyl (C=O) groups excluding carboxylic acids is 1. The van der Waals surface area contributed by atoms with Gasteiger partial charge in [0, 0.05) is 37.0 Å². The molecule has 0 aromatic heterocycles. The summed E-state index contributed by atoms with van der Waals surface area (Å²) in [5.74, 6) is -0.559. The molecule has 0 bridgehead atoms. The molecule has 1 saturated heterocycles. The molecule has 8 nitrogen and oxygen atoms in total. The van der Waals surface area contributed by atoms with Gasteiger partial charge in [-0.2, -0.15) is 0 Å². The Kier molecular flexibility index (Phi) is 6.84. The Morgan fingerprint density at radius 1 is 1.10 bits per heavy atom. The summed E-state index contributed by atoms with van der Waals surface area (Å²) in [6, 6.07) is 11.0. The van der Waals surface area contributed by atoms with Crippen LogP contribution in [0.25, 0.3) is 0 Å². The zero-order valence-electron chi connectivity index (χ0n) is 16.8. The summed E-state index contributed by atoms with van der Waals surface area (Å²) >= 11 is 0. The third-order valence-electron chi connectivity index (χ3n) is 5.19. The first-order valence-corrected chi connectivity index (χ1v) is 11.7. The minimum atomic E-state index is -3.70. The summed E-state index contributed by atoms with van der Waals surface area (Å²) in [5.41, 5.74) is 1.59. The Bertz CT molecular complexity index is 1050. The molecule has 1 N–H and O–H groups in total. The third kappa shape index (κ3) is 5.64. The van der Waals surface area contributed by atoms with Crippen LogP contribution < -0.4 is 5.32 Å². The van der Waals surface area contributed by atoms with Crippen molar-refractivity contribution in [1.82, 2.24) is 10.2 Å². The minimum Gasteiger partial charge on any atom is -0.348 e. The zero-order valence-corrected chi connectivity index (χ0v) is 17.7. The second-order valence-electron chi connectivity index (χ2n) is 7.53. The van der Waals surface area contributed by atoms with Crippen molar-refractivity contribution >= 4 is 21.4 Å². The molecule has 1 amide bonds. The molecule has 0 aliphatic carbocycles. The van der Waals surface area contributed by atoms with Crippen molar-refractivity contribution in [2.24, 2.45) is 0 Å². The number of non-ortho nitro benzene ring substituents is 1. The van der Waals surface area contributed by atoms with Gasteiger partial charge in [0.15, 0.2) is 9.84 Å². The molecule has 9 heteroatoms. The Balaban J connectivity index is 1.76. The Labute approximate surface area is 176 Å². The molecular formula is C21H25N3O5S. The number of piperidine rings is 1. The van der Waals surface area contributed by atoms with Crippen LogP contribution in [0.4, 0.5) is 5.69 Å². The number of likely N-dealkylation sites (tertiary alicyclic amines) is 1. The fourth-order valence-electron chi connectivity index (χ4n) is 3.55. The van der Waals surface area contributed by atoms with Gasteiger partial charge >= 0.3 is 0 Å². The molecule has 2 aromatic carbocycles. The lowest BCUT2D eigenvalue weighted by atomic mass is 10.0. The molecule has 0 atom stereocenters. The van der Waals surface area contributed by atoms with Gasteiger partial charge < -0.3 is 5.32 Å². The fourth-order valence-corrected chi connectivity index (χ4v) is 4.23. The van der Waals surface area contributed by atoms with Gasteiger partial charge in [0.1, 0.15) is 0 Å². The monoisotopic (exact) mass is 431 g/mol. The van der Waals surface area contributed by atoms with E-state index < -0.39 is 26.4 Å². The maximum atomic E-state index is 12.6. The molecule has 30 heavy (non-hydrogen) atoms. The molecule has 0 spiro atoms. The topological polar surface area (TPSA) is 110 Å². The van der Waals surface area contributed by atoms with Crippen molar-refractivity contribution in [1.29, 1.82) is 0 Å². The first kappa shape index (κ1) is 21.9. The van der Waals surface area contributed by atoms with E-state index in [-0.39, 0.29) is 17.0 Å². The van der Waals surface area contributed by atoms with Crippen LogP contribution in [0.1, 0.15) is 40.7 Å². The van der Waals surface area contributed by atoms with Gasteiger partial charge in [-0.1, -0.05) is 30.7 Å². The second kappa shape index (κ2) is 9.36. The van der Waals surface area contributed by atoms with Gasteiger partial charge in [0.25, 0.3) is 11.6 Å². The second-order valence-corrected chi connectivity index (χ2v) is 9.55. The van der Waals surface area contributed by atoms with E-state index in [1.54, 1.807) is 0 Å². The van der Waals surface area contributed by atoms with Crippen molar-refractivity contribution in [3.8, 4) is 0 Å². The van der Waals surface area contributed by atoms with E-state index in [2.05, 4.69) is 10.2 Å². The summed E-state index contributed by atoms with van der Waals surface area (Å²) in [4.78, 5) is 25.2. The molecule has 0 saturated carbocycles. The van der Waals surface area contributed by atoms with Gasteiger partial charge in [-0.05, 0) is 43.1 Å². The molecule has 0 unspecified atom stereocenters. The lowest BCUT2D eigenvalue weighted by molar-refractivity contribution is -0.385. The van der Waals surface area contributed by atoms with Gasteiger partial charge in [-0.3, -0.25) is 19.8 Å². The van der Waals surface area contributed by atoms with Gasteiger partial charge in [-0.15, -0.1) is 0 Å². The van der Waals surface area contributed by atoms with Crippen molar-refractivity contribution in [2.45, 2.75) is 37.2 Å². The average molecular weight is 432 g/mol. The first-order valence-electron chi connectivity index (χ1n) is 9.81. The SMILES string of the molecule is CS(=O)(=O)c1cc(C(=O)NCc2ccccc2CN2CCCCC2)cc([N+](=O)[O-])c1. The number of nitro groups is 1. The van der Waals surface area contributed by atoms with Crippen molar-refractivity contribution < 1.29 is 18.1 Å². The molecule has 0 radical (unpaired) electrons. The quantitative estimate of drug-likeness (QED) is 0.533. The number of amides is 1. The summed E-state index contributed by atoms with van der Waals surface area (Å²) in [6.45, 7) is 3.17. The molecular weight excluding hydrogens is 406 g/mol. The van der Waals surface area contributed by atoms with E-state index in [0.29, 0.717) is 0 Å². The molecule has 3 rings (SSSR count). The van der Waals surface area contributed by atoms with Gasteiger partial charge in [0.05, 0.1) is 9.82 Å². The summed E-state index contributed by atoms with van der Waals surface area (Å²) in [7, 11) is -3.70. The van der Waals surface area contributed by atoms with Crippen LogP contribution in [-0.2, 0) is 22.9 Å². The number of hydrogen-bond acceptors (Lipinski definition) is 6. The average Bonchev–Trinajstić information content (AvgIpc) is 2.72. The van der Waals surface area contributed by atoms with E-state index in [1.165, 1.54) is 19.3 Å². The zero-order chi connectivity index (χ0) is 21.7. The fraction of sp³-hybridized carbons (Fsp3) is 0.381. The molecule has 1 aliphatic rings. The smallest absolute Gasteiger partial charge is 0.271 e. The number of rotatable bonds is 7. The standard InChI is InChI=1S/C21H25N3O5S/c1-30(28,29)20-12-18(11-19(13-20)24(26)27)21(25)22-14-16-7-3-4-8-17(16)15-23-9-5-2-6-10-23/h3-4,7-8,11-13H,2,5-6,9-10,14-15H2,1H3,(H,22,25). The summed E-state index contributed by atoms with van der Waals surface area (Å²) in [5, 5.41) is 13.9. The first-order chi connectivity index (χ1) is 14.2. The number of sulfone groups is 1. The predicted molar refractivity (Wildman–Crippen MR) is 113 cm³/mol. The highest BCUT2D eigenvalue weighted by atomic mass is 32.2. The lowest BCUT2D eigenvalue weighted by Crippen LogP contribution is -2.30. The van der Waals surface area contributed by atoms with E-state index in [4.69, 9.17) is 0 Å². The number of nitrogens with one attached hydrogen (secondary N) is 1. The number of hydrogen-bond donors (Lipinski definition) is 1. The Morgan fingerprint density at radius 2 is 1.77 bits per heavy atom. The molecule has 160 valence electrons. The van der Waals surface area contributed by atoms with Crippen LogP contribution in [0.5, 0.6) is 0 Å². The van der Waals surface area contributed by atoms with Crippen LogP contribution in [0.15, 0.2) is 47.4 Å². The molecule has 1 heterocycles. The van der Waals surface area contributed by atoms with Crippen LogP contribution in [0.3, 0.4) is 0 Å². The highest BCUT2D eigenvalue weighted by Crippen LogP contribution is 2.21. The van der Waals surface area contributed by atoms with Gasteiger partial charge in [-0.25, -0.2) is 8.42 Å². The lowest BCUT2D eigenvalue weighted by Gasteiger charge is -2.27.